The predicted molar refractivity (Wildman–Crippen MR) is 87.9 cm³/mol. The summed E-state index contributed by atoms with van der Waals surface area (Å²) in [5, 5.41) is 0. The monoisotopic (exact) mass is 332 g/mol. The smallest absolute Gasteiger partial charge is 0.261 e. The van der Waals surface area contributed by atoms with Crippen LogP contribution >= 0.6 is 10.7 Å². The van der Waals surface area contributed by atoms with Crippen molar-refractivity contribution in [3.8, 4) is 5.75 Å². The molecule has 5 heteroatoms. The number of rotatable bonds is 7. The van der Waals surface area contributed by atoms with Crippen LogP contribution in [0.15, 0.2) is 17.0 Å². The lowest BCUT2D eigenvalue weighted by atomic mass is 10.0. The van der Waals surface area contributed by atoms with Gasteiger partial charge >= 0.3 is 0 Å². The van der Waals surface area contributed by atoms with Gasteiger partial charge in [0.15, 0.2) is 0 Å². The number of halogens is 1. The third-order valence-corrected chi connectivity index (χ3v) is 5.20. The first-order valence-electron chi connectivity index (χ1n) is 7.42. The van der Waals surface area contributed by atoms with Crippen molar-refractivity contribution in [1.82, 2.24) is 0 Å². The van der Waals surface area contributed by atoms with Crippen LogP contribution in [0.4, 0.5) is 0 Å². The molecule has 0 aliphatic carbocycles. The summed E-state index contributed by atoms with van der Waals surface area (Å²) >= 11 is 0. The molecule has 1 rings (SSSR count). The molecule has 21 heavy (non-hydrogen) atoms. The molecule has 0 heterocycles. The van der Waals surface area contributed by atoms with E-state index in [1.54, 1.807) is 6.07 Å². The second-order valence-electron chi connectivity index (χ2n) is 5.74. The van der Waals surface area contributed by atoms with Crippen LogP contribution in [0.25, 0.3) is 0 Å². The molecular weight excluding hydrogens is 308 g/mol. The third-order valence-electron chi connectivity index (χ3n) is 3.82. The van der Waals surface area contributed by atoms with Crippen molar-refractivity contribution < 1.29 is 13.2 Å². The molecule has 0 bridgehead atoms. The molecule has 0 amide bonds. The molecule has 0 spiro atoms. The topological polar surface area (TPSA) is 43.4 Å². The van der Waals surface area contributed by atoms with E-state index in [1.807, 2.05) is 26.8 Å². The van der Waals surface area contributed by atoms with Crippen LogP contribution in [-0.4, -0.2) is 15.0 Å². The van der Waals surface area contributed by atoms with Crippen molar-refractivity contribution in [2.45, 2.75) is 58.3 Å². The number of hydrogen-bond acceptors (Lipinski definition) is 3. The first-order valence-corrected chi connectivity index (χ1v) is 9.73. The Labute approximate surface area is 133 Å². The van der Waals surface area contributed by atoms with Crippen LogP contribution in [0.2, 0.25) is 0 Å². The molecule has 0 unspecified atom stereocenters. The summed E-state index contributed by atoms with van der Waals surface area (Å²) < 4.78 is 29.3. The lowest BCUT2D eigenvalue weighted by molar-refractivity contribution is 0.239. The second-order valence-corrected chi connectivity index (χ2v) is 8.28. The van der Waals surface area contributed by atoms with Crippen LogP contribution in [0, 0.1) is 12.8 Å². The molecule has 3 nitrogen and oxygen atoms in total. The van der Waals surface area contributed by atoms with Gasteiger partial charge in [-0.25, -0.2) is 8.42 Å². The van der Waals surface area contributed by atoms with E-state index in [0.29, 0.717) is 18.1 Å². The summed E-state index contributed by atoms with van der Waals surface area (Å²) in [5.74, 6) is 1.32. The zero-order valence-electron chi connectivity index (χ0n) is 13.4. The highest BCUT2D eigenvalue weighted by Gasteiger charge is 2.20. The van der Waals surface area contributed by atoms with Gasteiger partial charge in [-0.15, -0.1) is 0 Å². The fourth-order valence-electron chi connectivity index (χ4n) is 2.23. The molecule has 120 valence electrons. The van der Waals surface area contributed by atoms with Crippen molar-refractivity contribution in [3.63, 3.8) is 0 Å². The maximum Gasteiger partial charge on any atom is 0.261 e. The summed E-state index contributed by atoms with van der Waals surface area (Å²) in [6.07, 6.45) is 2.14. The molecule has 0 radical (unpaired) electrons. The summed E-state index contributed by atoms with van der Waals surface area (Å²) in [6.45, 7) is 10.7. The molecule has 1 aromatic rings. The van der Waals surface area contributed by atoms with Gasteiger partial charge in [-0.1, -0.05) is 40.5 Å². The largest absolute Gasteiger partial charge is 0.493 e. The Morgan fingerprint density at radius 1 is 1.19 bits per heavy atom. The van der Waals surface area contributed by atoms with Crippen molar-refractivity contribution in [2.75, 3.05) is 6.61 Å². The second kappa shape index (κ2) is 7.50. The van der Waals surface area contributed by atoms with Crippen molar-refractivity contribution >= 4 is 19.7 Å². The van der Waals surface area contributed by atoms with Gasteiger partial charge in [0.1, 0.15) is 5.75 Å². The lowest BCUT2D eigenvalue weighted by Crippen LogP contribution is -2.11. The molecule has 0 saturated carbocycles. The highest BCUT2D eigenvalue weighted by molar-refractivity contribution is 8.13. The first kappa shape index (κ1) is 18.3. The Kier molecular flexibility index (Phi) is 6.54. The summed E-state index contributed by atoms with van der Waals surface area (Å²) in [4.78, 5) is 0.187. The zero-order chi connectivity index (χ0) is 16.2. The van der Waals surface area contributed by atoms with E-state index < -0.39 is 9.05 Å². The van der Waals surface area contributed by atoms with Crippen molar-refractivity contribution in [2.24, 2.45) is 5.92 Å². The number of benzene rings is 1. The van der Waals surface area contributed by atoms with Gasteiger partial charge in [0, 0.05) is 10.7 Å². The van der Waals surface area contributed by atoms with E-state index in [0.717, 1.165) is 24.2 Å². The molecule has 0 aliphatic rings. The Hall–Kier alpha value is -0.740. The minimum Gasteiger partial charge on any atom is -0.493 e. The summed E-state index contributed by atoms with van der Waals surface area (Å²) in [5.41, 5.74) is 1.50. The van der Waals surface area contributed by atoms with Crippen molar-refractivity contribution in [3.05, 3.63) is 23.3 Å². The van der Waals surface area contributed by atoms with E-state index in [2.05, 4.69) is 13.8 Å². The third kappa shape index (κ3) is 4.89. The zero-order valence-corrected chi connectivity index (χ0v) is 15.0. The van der Waals surface area contributed by atoms with E-state index in [-0.39, 0.29) is 10.8 Å². The van der Waals surface area contributed by atoms with Gasteiger partial charge in [0.2, 0.25) is 0 Å². The molecule has 0 saturated heterocycles. The number of ether oxygens (including phenoxy) is 1. The van der Waals surface area contributed by atoms with E-state index in [1.165, 1.54) is 0 Å². The van der Waals surface area contributed by atoms with Crippen LogP contribution in [-0.2, 0) is 9.05 Å². The molecular formula is C16H25ClO3S. The van der Waals surface area contributed by atoms with Gasteiger partial charge in [0.25, 0.3) is 9.05 Å². The number of aryl methyl sites for hydroxylation is 1. The summed E-state index contributed by atoms with van der Waals surface area (Å²) in [7, 11) is 1.79. The normalized spacial score (nSPS) is 12.2. The summed E-state index contributed by atoms with van der Waals surface area (Å²) in [6, 6.07) is 3.43. The average molecular weight is 333 g/mol. The number of hydrogen-bond donors (Lipinski definition) is 0. The molecule has 0 fully saturated rings. The van der Waals surface area contributed by atoms with Crippen LogP contribution < -0.4 is 4.74 Å². The standard InChI is InChI=1S/C16H25ClO3S/c1-6-13(7-2)10-20-15-9-14(11(3)4)16(8-12(15)5)21(17,18)19/h8-9,11,13H,6-7,10H2,1-5H3. The Balaban J connectivity index is 3.16. The lowest BCUT2D eigenvalue weighted by Gasteiger charge is -2.18. The first-order chi connectivity index (χ1) is 9.70. The average Bonchev–Trinajstić information content (AvgIpc) is 2.39. The van der Waals surface area contributed by atoms with Gasteiger partial charge in [0.05, 0.1) is 11.5 Å². The minimum absolute atomic E-state index is 0.0598. The Morgan fingerprint density at radius 3 is 2.19 bits per heavy atom. The fraction of sp³-hybridized carbons (Fsp3) is 0.625. The van der Waals surface area contributed by atoms with Gasteiger partial charge in [-0.05, 0) is 42.0 Å². The van der Waals surface area contributed by atoms with Gasteiger partial charge in [-0.3, -0.25) is 0 Å². The van der Waals surface area contributed by atoms with E-state index in [4.69, 9.17) is 15.4 Å². The molecule has 0 aliphatic heterocycles. The molecule has 0 N–H and O–H groups in total. The molecule has 0 aromatic heterocycles. The van der Waals surface area contributed by atoms with Crippen LogP contribution in [0.1, 0.15) is 57.6 Å². The Morgan fingerprint density at radius 2 is 1.76 bits per heavy atom. The maximum absolute atomic E-state index is 11.7. The fourth-order valence-corrected chi connectivity index (χ4v) is 3.52. The minimum atomic E-state index is -3.74. The highest BCUT2D eigenvalue weighted by atomic mass is 35.7. The van der Waals surface area contributed by atoms with Crippen LogP contribution in [0.3, 0.4) is 0 Å². The Bertz CT molecular complexity index is 575. The van der Waals surface area contributed by atoms with Gasteiger partial charge < -0.3 is 4.74 Å². The molecule has 1 aromatic carbocycles. The predicted octanol–water partition coefficient (Wildman–Crippen LogP) is 4.86. The van der Waals surface area contributed by atoms with Crippen molar-refractivity contribution in [1.29, 1.82) is 0 Å². The molecule has 0 atom stereocenters. The highest BCUT2D eigenvalue weighted by Crippen LogP contribution is 2.33. The van der Waals surface area contributed by atoms with E-state index >= 15 is 0 Å². The quantitative estimate of drug-likeness (QED) is 0.669. The van der Waals surface area contributed by atoms with Gasteiger partial charge in [-0.2, -0.15) is 0 Å². The van der Waals surface area contributed by atoms with E-state index in [9.17, 15) is 8.42 Å². The SMILES string of the molecule is CCC(CC)COc1cc(C(C)C)c(S(=O)(=O)Cl)cc1C. The van der Waals surface area contributed by atoms with Crippen LogP contribution in [0.5, 0.6) is 5.75 Å². The maximum atomic E-state index is 11.7.